The third-order valence-corrected chi connectivity index (χ3v) is 4.47. The molecular weight excluding hydrogens is 276 g/mol. The van der Waals surface area contributed by atoms with Gasteiger partial charge in [0.15, 0.2) is 6.54 Å². The van der Waals surface area contributed by atoms with E-state index in [0.29, 0.717) is 6.54 Å². The monoisotopic (exact) mass is 301 g/mol. The third-order valence-electron chi connectivity index (χ3n) is 4.47. The Balaban J connectivity index is 1.58. The van der Waals surface area contributed by atoms with E-state index in [1.165, 1.54) is 30.6 Å². The number of furan rings is 1. The van der Waals surface area contributed by atoms with Gasteiger partial charge in [0, 0.05) is 5.39 Å². The maximum Gasteiger partial charge on any atom is 0.275 e. The highest BCUT2D eigenvalue weighted by atomic mass is 16.3. The molecule has 2 heterocycles. The van der Waals surface area contributed by atoms with Gasteiger partial charge in [-0.25, -0.2) is 0 Å². The lowest BCUT2D eigenvalue weighted by Gasteiger charge is -2.18. The zero-order valence-corrected chi connectivity index (χ0v) is 13.2. The largest absolute Gasteiger partial charge is 0.459 e. The van der Waals surface area contributed by atoms with E-state index in [1.54, 1.807) is 0 Å². The fourth-order valence-corrected chi connectivity index (χ4v) is 3.21. The summed E-state index contributed by atoms with van der Waals surface area (Å²) < 4.78 is 5.82. The molecule has 1 aliphatic heterocycles. The van der Waals surface area contributed by atoms with Crippen LogP contribution in [0.1, 0.15) is 44.4 Å². The van der Waals surface area contributed by atoms with Crippen LogP contribution in [0.25, 0.3) is 11.0 Å². The third kappa shape index (κ3) is 3.69. The molecule has 0 radical (unpaired) electrons. The van der Waals surface area contributed by atoms with Crippen molar-refractivity contribution in [3.63, 3.8) is 0 Å². The Morgan fingerprint density at radius 2 is 1.95 bits per heavy atom. The van der Waals surface area contributed by atoms with Gasteiger partial charge >= 0.3 is 0 Å². The molecule has 4 heteroatoms. The lowest BCUT2D eigenvalue weighted by atomic mass is 10.2. The Hall–Kier alpha value is -1.81. The van der Waals surface area contributed by atoms with Gasteiger partial charge in [-0.2, -0.15) is 0 Å². The number of para-hydroxylation sites is 1. The molecule has 0 aliphatic carbocycles. The Morgan fingerprint density at radius 3 is 2.68 bits per heavy atom. The van der Waals surface area contributed by atoms with Crippen LogP contribution >= 0.6 is 0 Å². The van der Waals surface area contributed by atoms with Gasteiger partial charge in [0.1, 0.15) is 11.3 Å². The number of hydrogen-bond donors (Lipinski definition) is 2. The SMILES string of the molecule is C[C@H](NC(=O)C[NH+]1CCCCCC1)c1cc2ccccc2o1. The number of quaternary nitrogens is 1. The fraction of sp³-hybridized carbons (Fsp3) is 0.500. The van der Waals surface area contributed by atoms with Gasteiger partial charge in [-0.1, -0.05) is 18.2 Å². The average molecular weight is 301 g/mol. The molecule has 1 aliphatic rings. The molecule has 1 fully saturated rings. The van der Waals surface area contributed by atoms with Crippen LogP contribution in [0.2, 0.25) is 0 Å². The second-order valence-corrected chi connectivity index (χ2v) is 6.32. The van der Waals surface area contributed by atoms with E-state index in [1.807, 2.05) is 37.3 Å². The number of carbonyl (C=O) groups excluding carboxylic acids is 1. The minimum atomic E-state index is -0.0914. The zero-order valence-electron chi connectivity index (χ0n) is 13.2. The van der Waals surface area contributed by atoms with Crippen molar-refractivity contribution in [2.24, 2.45) is 0 Å². The van der Waals surface area contributed by atoms with Gasteiger partial charge < -0.3 is 14.6 Å². The van der Waals surface area contributed by atoms with Crippen molar-refractivity contribution in [2.45, 2.75) is 38.6 Å². The van der Waals surface area contributed by atoms with Crippen molar-refractivity contribution >= 4 is 16.9 Å². The van der Waals surface area contributed by atoms with E-state index in [-0.39, 0.29) is 11.9 Å². The molecule has 22 heavy (non-hydrogen) atoms. The summed E-state index contributed by atoms with van der Waals surface area (Å²) in [6.07, 6.45) is 5.09. The van der Waals surface area contributed by atoms with Crippen LogP contribution in [0, 0.1) is 0 Å². The molecule has 1 aromatic heterocycles. The van der Waals surface area contributed by atoms with Gasteiger partial charge in [0.2, 0.25) is 0 Å². The predicted octanol–water partition coefficient (Wildman–Crippen LogP) is 2.07. The van der Waals surface area contributed by atoms with E-state index >= 15 is 0 Å². The Morgan fingerprint density at radius 1 is 1.23 bits per heavy atom. The van der Waals surface area contributed by atoms with Crippen LogP contribution in [0.4, 0.5) is 0 Å². The molecule has 1 amide bonds. The van der Waals surface area contributed by atoms with Crippen molar-refractivity contribution in [1.82, 2.24) is 5.32 Å². The summed E-state index contributed by atoms with van der Waals surface area (Å²) >= 11 is 0. The summed E-state index contributed by atoms with van der Waals surface area (Å²) in [7, 11) is 0. The number of rotatable bonds is 4. The first-order valence-electron chi connectivity index (χ1n) is 8.34. The van der Waals surface area contributed by atoms with Gasteiger partial charge in [-0.15, -0.1) is 0 Å². The number of fused-ring (bicyclic) bond motifs is 1. The molecule has 3 rings (SSSR count). The first kappa shape index (κ1) is 15.1. The van der Waals surface area contributed by atoms with Crippen LogP contribution in [-0.2, 0) is 4.79 Å². The number of nitrogens with one attached hydrogen (secondary N) is 2. The molecule has 0 bridgehead atoms. The number of likely N-dealkylation sites (tertiary alicyclic amines) is 1. The van der Waals surface area contributed by atoms with Crippen molar-refractivity contribution in [1.29, 1.82) is 0 Å². The summed E-state index contributed by atoms with van der Waals surface area (Å²) in [5.74, 6) is 0.935. The summed E-state index contributed by atoms with van der Waals surface area (Å²) in [6, 6.07) is 9.85. The minimum absolute atomic E-state index is 0.0914. The number of hydrogen-bond acceptors (Lipinski definition) is 2. The lowest BCUT2D eigenvalue weighted by molar-refractivity contribution is -0.891. The first-order valence-corrected chi connectivity index (χ1v) is 8.34. The highest BCUT2D eigenvalue weighted by Crippen LogP contribution is 2.23. The topological polar surface area (TPSA) is 46.7 Å². The van der Waals surface area contributed by atoms with Crippen LogP contribution in [-0.4, -0.2) is 25.5 Å². The lowest BCUT2D eigenvalue weighted by Crippen LogP contribution is -3.13. The molecular formula is C18H25N2O2+. The Bertz CT molecular complexity index is 594. The normalized spacial score (nSPS) is 18.0. The summed E-state index contributed by atoms with van der Waals surface area (Å²) in [5.41, 5.74) is 0.872. The van der Waals surface area contributed by atoms with Crippen LogP contribution in [0.5, 0.6) is 0 Å². The van der Waals surface area contributed by atoms with Gasteiger partial charge in [-0.3, -0.25) is 4.79 Å². The Labute approximate surface area is 131 Å². The second kappa shape index (κ2) is 6.97. The van der Waals surface area contributed by atoms with Crippen molar-refractivity contribution in [3.05, 3.63) is 36.1 Å². The second-order valence-electron chi connectivity index (χ2n) is 6.32. The van der Waals surface area contributed by atoms with Crippen LogP contribution < -0.4 is 10.2 Å². The maximum atomic E-state index is 12.2. The highest BCUT2D eigenvalue weighted by Gasteiger charge is 2.19. The van der Waals surface area contributed by atoms with Crippen molar-refractivity contribution < 1.29 is 14.1 Å². The van der Waals surface area contributed by atoms with E-state index in [4.69, 9.17) is 4.42 Å². The van der Waals surface area contributed by atoms with Gasteiger partial charge in [0.25, 0.3) is 5.91 Å². The van der Waals surface area contributed by atoms with Gasteiger partial charge in [-0.05, 0) is 44.7 Å². The van der Waals surface area contributed by atoms with Crippen molar-refractivity contribution in [2.75, 3.05) is 19.6 Å². The molecule has 2 aromatic rings. The minimum Gasteiger partial charge on any atom is -0.459 e. The molecule has 0 unspecified atom stereocenters. The van der Waals surface area contributed by atoms with E-state index in [2.05, 4.69) is 5.32 Å². The van der Waals surface area contributed by atoms with Crippen LogP contribution in [0.3, 0.4) is 0 Å². The number of carbonyl (C=O) groups is 1. The number of benzene rings is 1. The molecule has 4 nitrogen and oxygen atoms in total. The first-order chi connectivity index (χ1) is 10.7. The molecule has 1 atom stereocenters. The molecule has 0 spiro atoms. The summed E-state index contributed by atoms with van der Waals surface area (Å²) in [4.78, 5) is 13.7. The predicted molar refractivity (Wildman–Crippen MR) is 86.8 cm³/mol. The molecule has 1 aromatic carbocycles. The standard InChI is InChI=1S/C18H24N2O2/c1-14(17-12-15-8-4-5-9-16(15)22-17)19-18(21)13-20-10-6-2-3-7-11-20/h4-5,8-9,12,14H,2-3,6-7,10-11,13H2,1H3,(H,19,21)/p+1/t14-/m0/s1. The Kier molecular flexibility index (Phi) is 4.78. The number of amides is 1. The van der Waals surface area contributed by atoms with Gasteiger partial charge in [0.05, 0.1) is 19.1 Å². The fourth-order valence-electron chi connectivity index (χ4n) is 3.21. The molecule has 118 valence electrons. The van der Waals surface area contributed by atoms with Crippen LogP contribution in [0.15, 0.2) is 34.7 Å². The van der Waals surface area contributed by atoms with E-state index in [9.17, 15) is 4.79 Å². The maximum absolute atomic E-state index is 12.2. The molecule has 2 N–H and O–H groups in total. The molecule has 1 saturated heterocycles. The smallest absolute Gasteiger partial charge is 0.275 e. The van der Waals surface area contributed by atoms with E-state index < -0.39 is 0 Å². The highest BCUT2D eigenvalue weighted by molar-refractivity contribution is 5.79. The molecule has 0 saturated carbocycles. The summed E-state index contributed by atoms with van der Waals surface area (Å²) in [6.45, 7) is 4.79. The average Bonchev–Trinajstić information content (AvgIpc) is 2.79. The van der Waals surface area contributed by atoms with E-state index in [0.717, 1.165) is 29.8 Å². The van der Waals surface area contributed by atoms with Crippen molar-refractivity contribution in [3.8, 4) is 0 Å². The quantitative estimate of drug-likeness (QED) is 0.908. The zero-order chi connectivity index (χ0) is 15.4. The summed E-state index contributed by atoms with van der Waals surface area (Å²) in [5, 5.41) is 4.15.